The number of nitrogens with zero attached hydrogens (tertiary/aromatic N) is 4. The summed E-state index contributed by atoms with van der Waals surface area (Å²) >= 11 is 1.39. The van der Waals surface area contributed by atoms with Crippen molar-refractivity contribution in [3.05, 3.63) is 34.9 Å². The number of morpholine rings is 1. The zero-order valence-corrected chi connectivity index (χ0v) is 15.3. The summed E-state index contributed by atoms with van der Waals surface area (Å²) in [4.78, 5) is 25.2. The molecule has 0 saturated carbocycles. The van der Waals surface area contributed by atoms with Crippen molar-refractivity contribution in [1.82, 2.24) is 19.9 Å². The molecule has 11 heteroatoms. The zero-order chi connectivity index (χ0) is 19.4. The highest BCUT2D eigenvalue weighted by atomic mass is 32.1. The molecule has 3 rings (SSSR count). The van der Waals surface area contributed by atoms with Crippen LogP contribution in [0.15, 0.2) is 18.5 Å². The first-order chi connectivity index (χ1) is 12.8. The molecular weight excluding hydrogens is 383 g/mol. The van der Waals surface area contributed by atoms with E-state index in [1.54, 1.807) is 6.20 Å². The summed E-state index contributed by atoms with van der Waals surface area (Å²) in [6, 6.07) is 1.47. The van der Waals surface area contributed by atoms with Gasteiger partial charge >= 0.3 is 6.18 Å². The minimum absolute atomic E-state index is 0.176. The normalized spacial score (nSPS) is 18.4. The molecule has 3 heterocycles. The van der Waals surface area contributed by atoms with E-state index < -0.39 is 12.0 Å². The minimum Gasteiger partial charge on any atom is -0.375 e. The Hall–Kier alpha value is -2.11. The Labute approximate surface area is 157 Å². The summed E-state index contributed by atoms with van der Waals surface area (Å²) in [5, 5.41) is 3.18. The van der Waals surface area contributed by atoms with E-state index in [-0.39, 0.29) is 18.4 Å². The average Bonchev–Trinajstić information content (AvgIpc) is 3.01. The summed E-state index contributed by atoms with van der Waals surface area (Å²) in [7, 11) is 0. The first-order valence-corrected chi connectivity index (χ1v) is 9.06. The van der Waals surface area contributed by atoms with Gasteiger partial charge in [-0.05, 0) is 6.07 Å². The SMILES string of the molecule is CC(=O)Nc1ncc(CN2CCO[C@H](Cc3ccnc(C(F)(F)F)n3)C2)s1. The molecule has 0 aromatic carbocycles. The number of halogens is 3. The maximum atomic E-state index is 12.7. The standard InChI is InChI=1S/C16H18F3N5O2S/c1-10(25)22-15-21-7-13(27-15)9-24-4-5-26-12(8-24)6-11-2-3-20-14(23-11)16(17,18)19/h2-3,7,12H,4-6,8-9H2,1H3,(H,21,22,25)/t12-/m1/s1. The Kier molecular flexibility index (Phi) is 6.02. The molecule has 0 spiro atoms. The molecule has 1 fully saturated rings. The molecule has 0 unspecified atom stereocenters. The Morgan fingerprint density at radius 3 is 3.00 bits per heavy atom. The molecule has 1 N–H and O–H groups in total. The second-order valence-electron chi connectivity index (χ2n) is 6.11. The van der Waals surface area contributed by atoms with Crippen LogP contribution in [0.25, 0.3) is 0 Å². The Balaban J connectivity index is 1.58. The molecular formula is C16H18F3N5O2S. The first-order valence-electron chi connectivity index (χ1n) is 8.25. The van der Waals surface area contributed by atoms with E-state index in [2.05, 4.69) is 25.2 Å². The van der Waals surface area contributed by atoms with E-state index in [1.807, 2.05) is 0 Å². The summed E-state index contributed by atoms with van der Waals surface area (Å²) in [6.07, 6.45) is -1.71. The number of rotatable bonds is 5. The van der Waals surface area contributed by atoms with E-state index in [0.29, 0.717) is 37.1 Å². The fourth-order valence-electron chi connectivity index (χ4n) is 2.74. The van der Waals surface area contributed by atoms with Gasteiger partial charge in [0.2, 0.25) is 11.7 Å². The third kappa shape index (κ3) is 5.68. The third-order valence-corrected chi connectivity index (χ3v) is 4.74. The second-order valence-corrected chi connectivity index (χ2v) is 7.23. The van der Waals surface area contributed by atoms with Gasteiger partial charge in [-0.1, -0.05) is 0 Å². The van der Waals surface area contributed by atoms with E-state index >= 15 is 0 Å². The van der Waals surface area contributed by atoms with Gasteiger partial charge in [0.1, 0.15) is 0 Å². The van der Waals surface area contributed by atoms with Crippen molar-refractivity contribution in [3.63, 3.8) is 0 Å². The molecule has 1 aliphatic rings. The lowest BCUT2D eigenvalue weighted by atomic mass is 10.1. The number of alkyl halides is 3. The van der Waals surface area contributed by atoms with Crippen molar-refractivity contribution in [1.29, 1.82) is 0 Å². The molecule has 27 heavy (non-hydrogen) atoms. The smallest absolute Gasteiger partial charge is 0.375 e. The van der Waals surface area contributed by atoms with E-state index in [9.17, 15) is 18.0 Å². The number of hydrogen-bond donors (Lipinski definition) is 1. The van der Waals surface area contributed by atoms with Crippen LogP contribution >= 0.6 is 11.3 Å². The number of ether oxygens (including phenoxy) is 1. The fourth-order valence-corrected chi connectivity index (χ4v) is 3.64. The highest BCUT2D eigenvalue weighted by molar-refractivity contribution is 7.15. The Morgan fingerprint density at radius 1 is 1.44 bits per heavy atom. The number of hydrogen-bond acceptors (Lipinski definition) is 7. The van der Waals surface area contributed by atoms with Crippen molar-refractivity contribution in [2.45, 2.75) is 32.2 Å². The van der Waals surface area contributed by atoms with Crippen molar-refractivity contribution in [2.24, 2.45) is 0 Å². The van der Waals surface area contributed by atoms with Crippen LogP contribution in [-0.4, -0.2) is 51.6 Å². The molecule has 7 nitrogen and oxygen atoms in total. The van der Waals surface area contributed by atoms with Crippen LogP contribution in [0.3, 0.4) is 0 Å². The van der Waals surface area contributed by atoms with Crippen LogP contribution in [0.5, 0.6) is 0 Å². The van der Waals surface area contributed by atoms with Crippen LogP contribution < -0.4 is 5.32 Å². The van der Waals surface area contributed by atoms with E-state index in [0.717, 1.165) is 11.1 Å². The molecule has 0 radical (unpaired) electrons. The molecule has 2 aromatic rings. The highest BCUT2D eigenvalue weighted by Gasteiger charge is 2.35. The van der Waals surface area contributed by atoms with Gasteiger partial charge in [-0.3, -0.25) is 9.69 Å². The predicted molar refractivity (Wildman–Crippen MR) is 92.2 cm³/mol. The van der Waals surface area contributed by atoms with Crippen LogP contribution in [-0.2, 0) is 28.7 Å². The van der Waals surface area contributed by atoms with Gasteiger partial charge in [0.25, 0.3) is 0 Å². The molecule has 1 atom stereocenters. The van der Waals surface area contributed by atoms with Crippen LogP contribution in [0.4, 0.5) is 18.3 Å². The molecule has 146 valence electrons. The lowest BCUT2D eigenvalue weighted by molar-refractivity contribution is -0.145. The van der Waals surface area contributed by atoms with Crippen molar-refractivity contribution >= 4 is 22.4 Å². The van der Waals surface area contributed by atoms with Crippen molar-refractivity contribution < 1.29 is 22.7 Å². The number of aromatic nitrogens is 3. The van der Waals surface area contributed by atoms with Crippen LogP contribution in [0, 0.1) is 0 Å². The summed E-state index contributed by atoms with van der Waals surface area (Å²) in [6.45, 7) is 3.82. The topological polar surface area (TPSA) is 80.2 Å². The minimum atomic E-state index is -4.56. The third-order valence-electron chi connectivity index (χ3n) is 3.84. The molecule has 1 saturated heterocycles. The number of thiazole rings is 1. The van der Waals surface area contributed by atoms with Crippen LogP contribution in [0.2, 0.25) is 0 Å². The van der Waals surface area contributed by atoms with Crippen molar-refractivity contribution in [2.75, 3.05) is 25.0 Å². The zero-order valence-electron chi connectivity index (χ0n) is 14.5. The average molecular weight is 401 g/mol. The predicted octanol–water partition coefficient (Wildman–Crippen LogP) is 2.35. The lowest BCUT2D eigenvalue weighted by Crippen LogP contribution is -2.42. The van der Waals surface area contributed by atoms with Gasteiger partial charge < -0.3 is 10.1 Å². The van der Waals surface area contributed by atoms with E-state index in [1.165, 1.54) is 24.3 Å². The molecule has 2 aromatic heterocycles. The highest BCUT2D eigenvalue weighted by Crippen LogP contribution is 2.26. The van der Waals surface area contributed by atoms with Gasteiger partial charge in [0.15, 0.2) is 5.13 Å². The largest absolute Gasteiger partial charge is 0.451 e. The van der Waals surface area contributed by atoms with Gasteiger partial charge in [0, 0.05) is 55.9 Å². The first kappa shape index (κ1) is 19.6. The van der Waals surface area contributed by atoms with Gasteiger partial charge in [-0.15, -0.1) is 11.3 Å². The number of amides is 1. The Morgan fingerprint density at radius 2 is 2.26 bits per heavy atom. The summed E-state index contributed by atoms with van der Waals surface area (Å²) in [5.41, 5.74) is 0.301. The van der Waals surface area contributed by atoms with Gasteiger partial charge in [-0.2, -0.15) is 13.2 Å². The molecule has 0 bridgehead atoms. The maximum Gasteiger partial charge on any atom is 0.451 e. The number of anilines is 1. The fraction of sp³-hybridized carbons (Fsp3) is 0.500. The monoisotopic (exact) mass is 401 g/mol. The number of nitrogens with one attached hydrogen (secondary N) is 1. The summed E-state index contributed by atoms with van der Waals surface area (Å²) in [5.74, 6) is -1.31. The van der Waals surface area contributed by atoms with Crippen LogP contribution in [0.1, 0.15) is 23.3 Å². The second kappa shape index (κ2) is 8.28. The maximum absolute atomic E-state index is 12.7. The quantitative estimate of drug-likeness (QED) is 0.829. The number of carbonyl (C=O) groups is 1. The van der Waals surface area contributed by atoms with E-state index in [4.69, 9.17) is 4.74 Å². The summed E-state index contributed by atoms with van der Waals surface area (Å²) < 4.78 is 43.9. The number of carbonyl (C=O) groups excluding carboxylic acids is 1. The van der Waals surface area contributed by atoms with Gasteiger partial charge in [-0.25, -0.2) is 15.0 Å². The molecule has 1 aliphatic heterocycles. The molecule has 0 aliphatic carbocycles. The molecule has 1 amide bonds. The van der Waals surface area contributed by atoms with Crippen molar-refractivity contribution in [3.8, 4) is 0 Å². The Bertz CT molecular complexity index is 798. The lowest BCUT2D eigenvalue weighted by Gasteiger charge is -2.32. The van der Waals surface area contributed by atoms with Gasteiger partial charge in [0.05, 0.1) is 12.7 Å².